The summed E-state index contributed by atoms with van der Waals surface area (Å²) < 4.78 is 0. The topological polar surface area (TPSA) is 41.3 Å². The fourth-order valence-electron chi connectivity index (χ4n) is 0.492. The zero-order valence-electron chi connectivity index (χ0n) is 6.52. The van der Waals surface area contributed by atoms with Crippen molar-refractivity contribution in [1.82, 2.24) is 10.2 Å². The summed E-state index contributed by atoms with van der Waals surface area (Å²) in [5.41, 5.74) is 5.57. The number of nitrogens with one attached hydrogen (secondary N) is 1. The normalized spacial score (nSPS) is 14.3. The zero-order valence-corrected chi connectivity index (χ0v) is 6.52. The molecule has 0 aromatic heterocycles. The lowest BCUT2D eigenvalue weighted by Gasteiger charge is -2.19. The Morgan fingerprint density at radius 3 is 2.56 bits per heavy atom. The van der Waals surface area contributed by atoms with Gasteiger partial charge in [-0.05, 0) is 21.0 Å². The Kier molecular flexibility index (Phi) is 4.67. The molecule has 0 fully saturated rings. The van der Waals surface area contributed by atoms with Gasteiger partial charge in [-0.25, -0.2) is 0 Å². The van der Waals surface area contributed by atoms with Crippen LogP contribution in [-0.4, -0.2) is 38.3 Å². The first-order chi connectivity index (χ1) is 4.18. The van der Waals surface area contributed by atoms with Crippen LogP contribution in [0.1, 0.15) is 6.92 Å². The van der Waals surface area contributed by atoms with E-state index in [4.69, 9.17) is 5.73 Å². The summed E-state index contributed by atoms with van der Waals surface area (Å²) in [4.78, 5) is 2.09. The molecule has 0 aromatic carbocycles. The first kappa shape index (κ1) is 8.88. The quantitative estimate of drug-likeness (QED) is 0.503. The molecule has 3 N–H and O–H groups in total. The highest BCUT2D eigenvalue weighted by atomic mass is 15.2. The lowest BCUT2D eigenvalue weighted by atomic mass is 10.5. The van der Waals surface area contributed by atoms with Crippen molar-refractivity contribution >= 4 is 0 Å². The fourth-order valence-corrected chi connectivity index (χ4v) is 0.492. The van der Waals surface area contributed by atoms with Gasteiger partial charge in [0, 0.05) is 13.1 Å². The maximum atomic E-state index is 5.57. The van der Waals surface area contributed by atoms with Gasteiger partial charge in [0.1, 0.15) is 0 Å². The highest BCUT2D eigenvalue weighted by Gasteiger charge is 1.99. The van der Waals surface area contributed by atoms with Crippen molar-refractivity contribution in [3.63, 3.8) is 0 Å². The summed E-state index contributed by atoms with van der Waals surface area (Å²) in [6, 6.07) is 0. The van der Waals surface area contributed by atoms with Crippen molar-refractivity contribution in [2.75, 3.05) is 27.2 Å². The number of nitrogens with zero attached hydrogens (tertiary/aromatic N) is 1. The second-order valence-corrected chi connectivity index (χ2v) is 2.32. The van der Waals surface area contributed by atoms with E-state index in [1.54, 1.807) is 0 Å². The maximum absolute atomic E-state index is 5.57. The van der Waals surface area contributed by atoms with Gasteiger partial charge in [-0.3, -0.25) is 4.90 Å². The van der Waals surface area contributed by atoms with Crippen molar-refractivity contribution in [2.24, 2.45) is 5.73 Å². The summed E-state index contributed by atoms with van der Waals surface area (Å²) in [6.07, 6.45) is 0.165. The van der Waals surface area contributed by atoms with Crippen LogP contribution in [0.15, 0.2) is 0 Å². The molecule has 0 bridgehead atoms. The van der Waals surface area contributed by atoms with Crippen LogP contribution in [0.25, 0.3) is 0 Å². The van der Waals surface area contributed by atoms with E-state index in [2.05, 4.69) is 10.2 Å². The van der Waals surface area contributed by atoms with Gasteiger partial charge in [-0.15, -0.1) is 0 Å². The van der Waals surface area contributed by atoms with E-state index in [-0.39, 0.29) is 6.17 Å². The molecule has 0 heterocycles. The van der Waals surface area contributed by atoms with Crippen molar-refractivity contribution < 1.29 is 0 Å². The van der Waals surface area contributed by atoms with Crippen LogP contribution in [0, 0.1) is 0 Å². The highest BCUT2D eigenvalue weighted by molar-refractivity contribution is 4.55. The van der Waals surface area contributed by atoms with Crippen LogP contribution in [0.2, 0.25) is 0 Å². The van der Waals surface area contributed by atoms with Gasteiger partial charge in [0.2, 0.25) is 0 Å². The van der Waals surface area contributed by atoms with E-state index in [0.29, 0.717) is 0 Å². The predicted molar refractivity (Wildman–Crippen MR) is 40.2 cm³/mol. The molecule has 0 aliphatic rings. The third-order valence-corrected chi connectivity index (χ3v) is 1.41. The standard InChI is InChI=1S/C6H17N3/c1-6(7)9(3)5-4-8-2/h6,8H,4-5,7H2,1-3H3. The monoisotopic (exact) mass is 131 g/mol. The van der Waals surface area contributed by atoms with Crippen LogP contribution in [0.5, 0.6) is 0 Å². The van der Waals surface area contributed by atoms with Crippen LogP contribution in [0.4, 0.5) is 0 Å². The molecule has 0 spiro atoms. The van der Waals surface area contributed by atoms with Crippen molar-refractivity contribution in [2.45, 2.75) is 13.1 Å². The van der Waals surface area contributed by atoms with E-state index in [9.17, 15) is 0 Å². The fraction of sp³-hybridized carbons (Fsp3) is 1.00. The molecule has 0 saturated heterocycles. The second kappa shape index (κ2) is 4.73. The van der Waals surface area contributed by atoms with Crippen LogP contribution >= 0.6 is 0 Å². The van der Waals surface area contributed by atoms with Crippen molar-refractivity contribution in [3.05, 3.63) is 0 Å². The average Bonchev–Trinajstić information content (AvgIpc) is 1.82. The summed E-state index contributed by atoms with van der Waals surface area (Å²) in [6.45, 7) is 3.99. The molecule has 0 aromatic rings. The molecule has 1 atom stereocenters. The highest BCUT2D eigenvalue weighted by Crippen LogP contribution is 1.83. The summed E-state index contributed by atoms with van der Waals surface area (Å²) in [5, 5.41) is 3.06. The molecule has 3 heteroatoms. The third-order valence-electron chi connectivity index (χ3n) is 1.41. The average molecular weight is 131 g/mol. The van der Waals surface area contributed by atoms with Gasteiger partial charge in [-0.1, -0.05) is 0 Å². The molecule has 9 heavy (non-hydrogen) atoms. The largest absolute Gasteiger partial charge is 0.318 e. The molecular weight excluding hydrogens is 114 g/mol. The molecule has 0 aliphatic heterocycles. The molecule has 56 valence electrons. The van der Waals surface area contributed by atoms with Crippen molar-refractivity contribution in [1.29, 1.82) is 0 Å². The minimum Gasteiger partial charge on any atom is -0.318 e. The molecule has 0 radical (unpaired) electrons. The molecule has 0 aliphatic carbocycles. The van der Waals surface area contributed by atoms with Gasteiger partial charge >= 0.3 is 0 Å². The van der Waals surface area contributed by atoms with E-state index in [1.165, 1.54) is 0 Å². The van der Waals surface area contributed by atoms with E-state index in [1.807, 2.05) is 21.0 Å². The second-order valence-electron chi connectivity index (χ2n) is 2.32. The summed E-state index contributed by atoms with van der Waals surface area (Å²) in [7, 11) is 3.96. The summed E-state index contributed by atoms with van der Waals surface area (Å²) >= 11 is 0. The molecule has 1 unspecified atom stereocenters. The number of likely N-dealkylation sites (N-methyl/N-ethyl adjacent to an activating group) is 2. The molecular formula is C6H17N3. The Balaban J connectivity index is 3.16. The van der Waals surface area contributed by atoms with Gasteiger partial charge < -0.3 is 11.1 Å². The minimum atomic E-state index is 0.165. The number of nitrogens with two attached hydrogens (primary N) is 1. The van der Waals surface area contributed by atoms with Crippen LogP contribution < -0.4 is 11.1 Å². The van der Waals surface area contributed by atoms with E-state index in [0.717, 1.165) is 13.1 Å². The lowest BCUT2D eigenvalue weighted by Crippen LogP contribution is -2.39. The number of hydrogen-bond acceptors (Lipinski definition) is 3. The predicted octanol–water partition coefficient (Wildman–Crippen LogP) is -0.558. The molecule has 0 saturated carbocycles. The Labute approximate surface area is 57.2 Å². The van der Waals surface area contributed by atoms with Crippen LogP contribution in [0.3, 0.4) is 0 Å². The smallest absolute Gasteiger partial charge is 0.0540 e. The Hall–Kier alpha value is -0.120. The van der Waals surface area contributed by atoms with Gasteiger partial charge in [-0.2, -0.15) is 0 Å². The van der Waals surface area contributed by atoms with Gasteiger partial charge in [0.15, 0.2) is 0 Å². The SMILES string of the molecule is CNCCN(C)C(C)N. The number of rotatable bonds is 4. The van der Waals surface area contributed by atoms with Gasteiger partial charge in [0.05, 0.1) is 6.17 Å². The molecule has 3 nitrogen and oxygen atoms in total. The van der Waals surface area contributed by atoms with E-state index < -0.39 is 0 Å². The van der Waals surface area contributed by atoms with Gasteiger partial charge in [0.25, 0.3) is 0 Å². The summed E-state index contributed by atoms with van der Waals surface area (Å²) in [5.74, 6) is 0. The Morgan fingerprint density at radius 1 is 1.67 bits per heavy atom. The Morgan fingerprint density at radius 2 is 2.22 bits per heavy atom. The maximum Gasteiger partial charge on any atom is 0.0540 e. The first-order valence-corrected chi connectivity index (χ1v) is 3.29. The number of hydrogen-bond donors (Lipinski definition) is 2. The first-order valence-electron chi connectivity index (χ1n) is 3.29. The molecule has 0 amide bonds. The Bertz CT molecular complexity index is 63.3. The van der Waals surface area contributed by atoms with E-state index >= 15 is 0 Å². The molecule has 0 rings (SSSR count). The van der Waals surface area contributed by atoms with Crippen LogP contribution in [-0.2, 0) is 0 Å². The third kappa shape index (κ3) is 4.39. The van der Waals surface area contributed by atoms with Crippen molar-refractivity contribution in [3.8, 4) is 0 Å². The lowest BCUT2D eigenvalue weighted by molar-refractivity contribution is 0.265. The zero-order chi connectivity index (χ0) is 7.28. The minimum absolute atomic E-state index is 0.165.